The fourth-order valence-corrected chi connectivity index (χ4v) is 1.16. The number of carbonyl (C=O) groups is 2. The van der Waals surface area contributed by atoms with Crippen molar-refractivity contribution in [3.05, 3.63) is 41.5 Å². The molecule has 1 aromatic carbocycles. The van der Waals surface area contributed by atoms with E-state index in [0.717, 1.165) is 11.1 Å². The van der Waals surface area contributed by atoms with Crippen molar-refractivity contribution in [3.63, 3.8) is 0 Å². The summed E-state index contributed by atoms with van der Waals surface area (Å²) in [4.78, 5) is 21.3. The Hall–Kier alpha value is -1.90. The van der Waals surface area contributed by atoms with Crippen LogP contribution in [0.25, 0.3) is 6.08 Å². The summed E-state index contributed by atoms with van der Waals surface area (Å²) in [5, 5.41) is 8.38. The van der Waals surface area contributed by atoms with Crippen molar-refractivity contribution in [2.24, 2.45) is 0 Å². The first-order valence-corrected chi connectivity index (χ1v) is 4.58. The topological polar surface area (TPSA) is 54.4 Å². The molecule has 1 N–H and O–H groups in total. The Morgan fingerprint density at radius 3 is 2.60 bits per heavy atom. The molecule has 78 valence electrons. The summed E-state index contributed by atoms with van der Waals surface area (Å²) in [6, 6.07) is 7.58. The zero-order valence-corrected chi connectivity index (χ0v) is 8.43. The maximum absolute atomic E-state index is 11.1. The molecule has 3 nitrogen and oxygen atoms in total. The van der Waals surface area contributed by atoms with Crippen LogP contribution in [0.4, 0.5) is 0 Å². The van der Waals surface area contributed by atoms with Gasteiger partial charge < -0.3 is 5.11 Å². The van der Waals surface area contributed by atoms with Crippen LogP contribution in [0.15, 0.2) is 30.3 Å². The van der Waals surface area contributed by atoms with Gasteiger partial charge in [-0.1, -0.05) is 30.3 Å². The molecule has 15 heavy (non-hydrogen) atoms. The van der Waals surface area contributed by atoms with E-state index < -0.39 is 18.2 Å². The van der Waals surface area contributed by atoms with E-state index >= 15 is 0 Å². The van der Waals surface area contributed by atoms with E-state index in [1.165, 1.54) is 6.08 Å². The molecule has 1 rings (SSSR count). The van der Waals surface area contributed by atoms with Crippen molar-refractivity contribution in [1.82, 2.24) is 0 Å². The lowest BCUT2D eigenvalue weighted by Crippen LogP contribution is -2.02. The Balaban J connectivity index is 2.70. The number of rotatable bonds is 4. The summed E-state index contributed by atoms with van der Waals surface area (Å²) in [5.41, 5.74) is 1.98. The number of aryl methyl sites for hydroxylation is 1. The van der Waals surface area contributed by atoms with Crippen LogP contribution in [-0.2, 0) is 9.59 Å². The minimum Gasteiger partial charge on any atom is -0.481 e. The van der Waals surface area contributed by atoms with Crippen LogP contribution in [0.2, 0.25) is 0 Å². The van der Waals surface area contributed by atoms with Crippen LogP contribution < -0.4 is 0 Å². The number of hydrogen-bond acceptors (Lipinski definition) is 2. The molecule has 0 amide bonds. The number of aliphatic carboxylic acids is 1. The summed E-state index contributed by atoms with van der Waals surface area (Å²) in [5.74, 6) is -1.50. The van der Waals surface area contributed by atoms with Crippen LogP contribution in [0.3, 0.4) is 0 Å². The van der Waals surface area contributed by atoms with Gasteiger partial charge in [-0.2, -0.15) is 0 Å². The number of carbonyl (C=O) groups excluding carboxylic acids is 1. The molecule has 0 spiro atoms. The predicted octanol–water partition coefficient (Wildman–Crippen LogP) is 2.05. The summed E-state index contributed by atoms with van der Waals surface area (Å²) in [6.07, 6.45) is 2.49. The Kier molecular flexibility index (Phi) is 3.80. The molecule has 0 atom stereocenters. The fourth-order valence-electron chi connectivity index (χ4n) is 1.16. The van der Waals surface area contributed by atoms with E-state index in [1.807, 2.05) is 31.2 Å². The highest BCUT2D eigenvalue weighted by Crippen LogP contribution is 2.08. The summed E-state index contributed by atoms with van der Waals surface area (Å²) in [6.45, 7) is 1.93. The van der Waals surface area contributed by atoms with Gasteiger partial charge in [0.1, 0.15) is 6.42 Å². The van der Waals surface area contributed by atoms with Gasteiger partial charge in [-0.3, -0.25) is 9.59 Å². The SMILES string of the molecule is Cc1ccccc1C=CC(=O)CC(=O)O. The Morgan fingerprint density at radius 2 is 2.00 bits per heavy atom. The molecule has 0 fully saturated rings. The summed E-state index contributed by atoms with van der Waals surface area (Å²) >= 11 is 0. The first-order chi connectivity index (χ1) is 7.09. The number of hydrogen-bond donors (Lipinski definition) is 1. The zero-order valence-electron chi connectivity index (χ0n) is 8.43. The van der Waals surface area contributed by atoms with Gasteiger partial charge in [-0.05, 0) is 24.1 Å². The molecule has 0 radical (unpaired) electrons. The third kappa shape index (κ3) is 3.77. The standard InChI is InChI=1S/C12H12O3/c1-9-4-2-3-5-10(9)6-7-11(13)8-12(14)15/h2-7H,8H2,1H3,(H,14,15). The molecule has 0 unspecified atom stereocenters. The van der Waals surface area contributed by atoms with Crippen molar-refractivity contribution < 1.29 is 14.7 Å². The van der Waals surface area contributed by atoms with Gasteiger partial charge in [-0.25, -0.2) is 0 Å². The van der Waals surface area contributed by atoms with Crippen LogP contribution in [0.1, 0.15) is 17.5 Å². The van der Waals surface area contributed by atoms with E-state index in [1.54, 1.807) is 6.08 Å². The Labute approximate surface area is 88.0 Å². The highest BCUT2D eigenvalue weighted by molar-refractivity contribution is 6.03. The minimum atomic E-state index is -1.10. The van der Waals surface area contributed by atoms with Crippen molar-refractivity contribution in [2.75, 3.05) is 0 Å². The van der Waals surface area contributed by atoms with Crippen LogP contribution in [0, 0.1) is 6.92 Å². The highest BCUT2D eigenvalue weighted by Gasteiger charge is 2.03. The maximum atomic E-state index is 11.1. The lowest BCUT2D eigenvalue weighted by molar-refractivity contribution is -0.139. The average molecular weight is 204 g/mol. The lowest BCUT2D eigenvalue weighted by atomic mass is 10.1. The van der Waals surface area contributed by atoms with Crippen LogP contribution >= 0.6 is 0 Å². The normalized spacial score (nSPS) is 10.5. The second-order valence-corrected chi connectivity index (χ2v) is 3.23. The summed E-state index contributed by atoms with van der Waals surface area (Å²) < 4.78 is 0. The monoisotopic (exact) mass is 204 g/mol. The van der Waals surface area contributed by atoms with Gasteiger partial charge in [-0.15, -0.1) is 0 Å². The van der Waals surface area contributed by atoms with E-state index in [-0.39, 0.29) is 0 Å². The Bertz CT molecular complexity index is 405. The molecule has 1 aromatic rings. The van der Waals surface area contributed by atoms with Gasteiger partial charge in [0.15, 0.2) is 5.78 Å². The van der Waals surface area contributed by atoms with Gasteiger partial charge in [0.25, 0.3) is 0 Å². The lowest BCUT2D eigenvalue weighted by Gasteiger charge is -1.97. The van der Waals surface area contributed by atoms with E-state index in [2.05, 4.69) is 0 Å². The quantitative estimate of drug-likeness (QED) is 0.603. The molecular formula is C12H12O3. The molecule has 0 aromatic heterocycles. The van der Waals surface area contributed by atoms with Crippen molar-refractivity contribution in [3.8, 4) is 0 Å². The van der Waals surface area contributed by atoms with E-state index in [9.17, 15) is 9.59 Å². The van der Waals surface area contributed by atoms with Crippen LogP contribution in [-0.4, -0.2) is 16.9 Å². The van der Waals surface area contributed by atoms with Gasteiger partial charge >= 0.3 is 5.97 Å². The number of carboxylic acid groups (broad SMARTS) is 1. The molecule has 0 saturated carbocycles. The van der Waals surface area contributed by atoms with Crippen molar-refractivity contribution >= 4 is 17.8 Å². The minimum absolute atomic E-state index is 0.397. The second-order valence-electron chi connectivity index (χ2n) is 3.23. The Morgan fingerprint density at radius 1 is 1.33 bits per heavy atom. The van der Waals surface area contributed by atoms with Gasteiger partial charge in [0, 0.05) is 0 Å². The first-order valence-electron chi connectivity index (χ1n) is 4.58. The van der Waals surface area contributed by atoms with Gasteiger partial charge in [0.2, 0.25) is 0 Å². The van der Waals surface area contributed by atoms with E-state index in [4.69, 9.17) is 5.11 Å². The average Bonchev–Trinajstić information content (AvgIpc) is 2.15. The van der Waals surface area contributed by atoms with E-state index in [0.29, 0.717) is 0 Å². The molecule has 0 aliphatic rings. The predicted molar refractivity (Wildman–Crippen MR) is 57.5 cm³/mol. The number of ketones is 1. The third-order valence-corrected chi connectivity index (χ3v) is 1.96. The fraction of sp³-hybridized carbons (Fsp3) is 0.167. The second kappa shape index (κ2) is 5.10. The largest absolute Gasteiger partial charge is 0.481 e. The molecular weight excluding hydrogens is 192 g/mol. The van der Waals surface area contributed by atoms with Gasteiger partial charge in [0.05, 0.1) is 0 Å². The van der Waals surface area contributed by atoms with Crippen LogP contribution in [0.5, 0.6) is 0 Å². The van der Waals surface area contributed by atoms with Crippen molar-refractivity contribution in [2.45, 2.75) is 13.3 Å². The molecule has 0 saturated heterocycles. The molecule has 0 aliphatic heterocycles. The maximum Gasteiger partial charge on any atom is 0.311 e. The molecule has 0 aliphatic carbocycles. The highest BCUT2D eigenvalue weighted by atomic mass is 16.4. The summed E-state index contributed by atoms with van der Waals surface area (Å²) in [7, 11) is 0. The van der Waals surface area contributed by atoms with Crippen molar-refractivity contribution in [1.29, 1.82) is 0 Å². The first kappa shape index (κ1) is 11.2. The third-order valence-electron chi connectivity index (χ3n) is 1.96. The number of allylic oxidation sites excluding steroid dienone is 1. The number of benzene rings is 1. The molecule has 0 bridgehead atoms. The molecule has 0 heterocycles. The molecule has 3 heteroatoms. The number of carboxylic acids is 1. The zero-order chi connectivity index (χ0) is 11.3. The smallest absolute Gasteiger partial charge is 0.311 e.